The van der Waals surface area contributed by atoms with Crippen LogP contribution in [-0.4, -0.2) is 18.0 Å². The van der Waals surface area contributed by atoms with E-state index in [0.29, 0.717) is 11.4 Å². The standard InChI is InChI=1S/C17H17ClFN3O2S2/c1-9-11(3)25-17(20-9)15-8-16(10(2)22(15)4)26(23,24)21-14-6-5-12(18)7-13(14)19/h5-8,21H,1-4H3. The number of hydrogen-bond donors (Lipinski definition) is 1. The molecule has 3 aromatic rings. The average molecular weight is 414 g/mol. The van der Waals surface area contributed by atoms with Crippen LogP contribution < -0.4 is 4.72 Å². The Bertz CT molecular complexity index is 1080. The largest absolute Gasteiger partial charge is 0.345 e. The fraction of sp³-hybridized carbons (Fsp3) is 0.235. The maximum absolute atomic E-state index is 14.0. The van der Waals surface area contributed by atoms with Crippen molar-refractivity contribution in [2.24, 2.45) is 7.05 Å². The van der Waals surface area contributed by atoms with Gasteiger partial charge in [0.05, 0.1) is 17.1 Å². The molecule has 1 N–H and O–H groups in total. The highest BCUT2D eigenvalue weighted by Gasteiger charge is 2.24. The van der Waals surface area contributed by atoms with Crippen molar-refractivity contribution in [3.8, 4) is 10.7 Å². The predicted molar refractivity (Wildman–Crippen MR) is 103 cm³/mol. The van der Waals surface area contributed by atoms with Crippen molar-refractivity contribution in [3.63, 3.8) is 0 Å². The third-order valence-electron chi connectivity index (χ3n) is 4.20. The van der Waals surface area contributed by atoms with Gasteiger partial charge in [-0.25, -0.2) is 17.8 Å². The van der Waals surface area contributed by atoms with Crippen molar-refractivity contribution in [1.82, 2.24) is 9.55 Å². The van der Waals surface area contributed by atoms with Gasteiger partial charge in [0, 0.05) is 22.6 Å². The second-order valence-corrected chi connectivity index (χ2v) is 9.22. The molecular weight excluding hydrogens is 397 g/mol. The van der Waals surface area contributed by atoms with Crippen LogP contribution in [0.15, 0.2) is 29.2 Å². The SMILES string of the molecule is Cc1nc(-c2cc(S(=O)(=O)Nc3ccc(Cl)cc3F)c(C)n2C)sc1C. The maximum Gasteiger partial charge on any atom is 0.263 e. The topological polar surface area (TPSA) is 64.0 Å². The van der Waals surface area contributed by atoms with Gasteiger partial charge in [-0.15, -0.1) is 11.3 Å². The van der Waals surface area contributed by atoms with Crippen LogP contribution in [0.3, 0.4) is 0 Å². The first-order chi connectivity index (χ1) is 12.1. The van der Waals surface area contributed by atoms with Gasteiger partial charge in [-0.2, -0.15) is 0 Å². The Kier molecular flexibility index (Phi) is 4.85. The number of anilines is 1. The molecule has 0 saturated carbocycles. The van der Waals surface area contributed by atoms with Crippen LogP contribution in [0.4, 0.5) is 10.1 Å². The van der Waals surface area contributed by atoms with Crippen LogP contribution in [0.1, 0.15) is 16.3 Å². The average Bonchev–Trinajstić information content (AvgIpc) is 3.03. The molecule has 26 heavy (non-hydrogen) atoms. The summed E-state index contributed by atoms with van der Waals surface area (Å²) in [6.07, 6.45) is 0. The molecule has 0 aliphatic rings. The minimum atomic E-state index is -3.97. The van der Waals surface area contributed by atoms with Crippen LogP contribution in [0.2, 0.25) is 5.02 Å². The summed E-state index contributed by atoms with van der Waals surface area (Å²) in [5.74, 6) is -0.735. The second-order valence-electron chi connectivity index (χ2n) is 5.93. The van der Waals surface area contributed by atoms with Crippen LogP contribution in [0.25, 0.3) is 10.7 Å². The molecule has 5 nitrogen and oxygen atoms in total. The molecule has 2 aromatic heterocycles. The minimum Gasteiger partial charge on any atom is -0.345 e. The molecule has 0 spiro atoms. The van der Waals surface area contributed by atoms with E-state index < -0.39 is 15.8 Å². The number of nitrogens with one attached hydrogen (secondary N) is 1. The summed E-state index contributed by atoms with van der Waals surface area (Å²) >= 11 is 7.21. The van der Waals surface area contributed by atoms with Crippen molar-refractivity contribution >= 4 is 38.6 Å². The number of rotatable bonds is 4. The molecule has 0 aliphatic carbocycles. The molecule has 0 aliphatic heterocycles. The highest BCUT2D eigenvalue weighted by molar-refractivity contribution is 7.92. The van der Waals surface area contributed by atoms with Crippen LogP contribution in [0, 0.1) is 26.6 Å². The molecule has 0 unspecified atom stereocenters. The van der Waals surface area contributed by atoms with Gasteiger partial charge in [0.1, 0.15) is 15.7 Å². The fourth-order valence-electron chi connectivity index (χ4n) is 2.50. The summed E-state index contributed by atoms with van der Waals surface area (Å²) in [6, 6.07) is 5.34. The third kappa shape index (κ3) is 3.36. The molecule has 0 saturated heterocycles. The Hall–Kier alpha value is -1.90. The molecule has 0 radical (unpaired) electrons. The van der Waals surface area contributed by atoms with E-state index in [-0.39, 0.29) is 15.6 Å². The quantitative estimate of drug-likeness (QED) is 0.676. The Labute approximate surface area is 160 Å². The zero-order valence-corrected chi connectivity index (χ0v) is 17.0. The lowest BCUT2D eigenvalue weighted by Crippen LogP contribution is -2.14. The minimum absolute atomic E-state index is 0.0786. The number of aryl methyl sites for hydroxylation is 2. The van der Waals surface area contributed by atoms with Crippen molar-refractivity contribution in [2.75, 3.05) is 4.72 Å². The molecule has 138 valence electrons. The molecule has 3 rings (SSSR count). The summed E-state index contributed by atoms with van der Waals surface area (Å²) in [6.45, 7) is 5.58. The van der Waals surface area contributed by atoms with Crippen molar-refractivity contribution in [2.45, 2.75) is 25.7 Å². The van der Waals surface area contributed by atoms with Crippen molar-refractivity contribution in [1.29, 1.82) is 0 Å². The van der Waals surface area contributed by atoms with Crippen molar-refractivity contribution in [3.05, 3.63) is 51.4 Å². The number of hydrogen-bond acceptors (Lipinski definition) is 4. The van der Waals surface area contributed by atoms with E-state index in [1.165, 1.54) is 23.5 Å². The molecule has 9 heteroatoms. The van der Waals surface area contributed by atoms with Crippen LogP contribution >= 0.6 is 22.9 Å². The van der Waals surface area contributed by atoms with E-state index in [0.717, 1.165) is 21.6 Å². The highest BCUT2D eigenvalue weighted by Crippen LogP contribution is 2.33. The summed E-state index contributed by atoms with van der Waals surface area (Å²) in [5, 5.41) is 0.933. The zero-order chi connectivity index (χ0) is 19.2. The molecule has 0 amide bonds. The first-order valence-corrected chi connectivity index (χ1v) is 10.4. The van der Waals surface area contributed by atoms with E-state index in [9.17, 15) is 12.8 Å². The van der Waals surface area contributed by atoms with E-state index in [4.69, 9.17) is 11.6 Å². The summed E-state index contributed by atoms with van der Waals surface area (Å²) in [5.41, 5.74) is 1.99. The van der Waals surface area contributed by atoms with Gasteiger partial charge >= 0.3 is 0 Å². The number of benzene rings is 1. The number of nitrogens with zero attached hydrogens (tertiary/aromatic N) is 2. The lowest BCUT2D eigenvalue weighted by Gasteiger charge is -2.09. The molecule has 2 heterocycles. The lowest BCUT2D eigenvalue weighted by atomic mass is 10.3. The van der Waals surface area contributed by atoms with E-state index in [1.807, 2.05) is 13.8 Å². The van der Waals surface area contributed by atoms with Gasteiger partial charge in [-0.1, -0.05) is 11.6 Å². The first-order valence-electron chi connectivity index (χ1n) is 7.68. The molecule has 0 atom stereocenters. The lowest BCUT2D eigenvalue weighted by molar-refractivity contribution is 0.597. The van der Waals surface area contributed by atoms with Gasteiger partial charge in [0.2, 0.25) is 0 Å². The first kappa shape index (κ1) is 18.9. The predicted octanol–water partition coefficient (Wildman–Crippen LogP) is 4.67. The van der Waals surface area contributed by atoms with Crippen LogP contribution in [-0.2, 0) is 17.1 Å². The smallest absolute Gasteiger partial charge is 0.263 e. The maximum atomic E-state index is 14.0. The van der Waals surface area contributed by atoms with Crippen LogP contribution in [0.5, 0.6) is 0 Å². The Balaban J connectivity index is 2.04. The van der Waals surface area contributed by atoms with Crippen molar-refractivity contribution < 1.29 is 12.8 Å². The fourth-order valence-corrected chi connectivity index (χ4v) is 4.99. The molecular formula is C17H17ClFN3O2S2. The molecule has 1 aromatic carbocycles. The number of thiazole rings is 1. The van der Waals surface area contributed by atoms with Gasteiger partial charge in [-0.05, 0) is 45.0 Å². The number of sulfonamides is 1. The van der Waals surface area contributed by atoms with E-state index in [1.54, 1.807) is 24.6 Å². The van der Waals surface area contributed by atoms with E-state index in [2.05, 4.69) is 9.71 Å². The zero-order valence-electron chi connectivity index (χ0n) is 14.6. The normalized spacial score (nSPS) is 11.8. The van der Waals surface area contributed by atoms with Gasteiger partial charge < -0.3 is 4.57 Å². The Morgan fingerprint density at radius 2 is 1.92 bits per heavy atom. The molecule has 0 fully saturated rings. The van der Waals surface area contributed by atoms with Gasteiger partial charge in [-0.3, -0.25) is 4.72 Å². The monoisotopic (exact) mass is 413 g/mol. The molecule has 0 bridgehead atoms. The van der Waals surface area contributed by atoms with E-state index >= 15 is 0 Å². The summed E-state index contributed by atoms with van der Waals surface area (Å²) in [4.78, 5) is 5.65. The number of aromatic nitrogens is 2. The Morgan fingerprint density at radius 3 is 2.50 bits per heavy atom. The number of halogens is 2. The second kappa shape index (κ2) is 6.68. The van der Waals surface area contributed by atoms with Gasteiger partial charge in [0.25, 0.3) is 10.0 Å². The Morgan fingerprint density at radius 1 is 1.23 bits per heavy atom. The third-order valence-corrected chi connectivity index (χ3v) is 7.01. The summed E-state index contributed by atoms with van der Waals surface area (Å²) < 4.78 is 43.6. The summed E-state index contributed by atoms with van der Waals surface area (Å²) in [7, 11) is -2.19. The highest BCUT2D eigenvalue weighted by atomic mass is 35.5. The van der Waals surface area contributed by atoms with Gasteiger partial charge in [0.15, 0.2) is 0 Å².